The molecule has 7 nitrogen and oxygen atoms in total. The van der Waals surface area contributed by atoms with Crippen LogP contribution < -0.4 is 10.5 Å². The number of anilines is 1. The molecule has 1 aromatic rings. The van der Waals surface area contributed by atoms with Gasteiger partial charge in [0.05, 0.1) is 25.0 Å². The van der Waals surface area contributed by atoms with Gasteiger partial charge in [0.1, 0.15) is 0 Å². The molecule has 0 saturated carbocycles. The summed E-state index contributed by atoms with van der Waals surface area (Å²) in [6.07, 6.45) is 1.15. The first-order chi connectivity index (χ1) is 9.12. The van der Waals surface area contributed by atoms with E-state index in [1.165, 1.54) is 25.0 Å². The number of ether oxygens (including phenoxy) is 3. The molecule has 0 amide bonds. The molecule has 0 spiro atoms. The highest BCUT2D eigenvalue weighted by molar-refractivity contribution is 5.41. The van der Waals surface area contributed by atoms with E-state index in [-0.39, 0.29) is 12.1 Å². The molecule has 0 fully saturated rings. The van der Waals surface area contributed by atoms with E-state index in [2.05, 4.69) is 5.10 Å². The van der Waals surface area contributed by atoms with Crippen LogP contribution in [-0.2, 0) is 20.8 Å². The molecule has 7 heteroatoms. The van der Waals surface area contributed by atoms with Crippen LogP contribution in [0.2, 0.25) is 0 Å². The van der Waals surface area contributed by atoms with Gasteiger partial charge >= 0.3 is 0 Å². The molecule has 1 heterocycles. The van der Waals surface area contributed by atoms with Crippen LogP contribution in [-0.4, -0.2) is 57.6 Å². The maximum Gasteiger partial charge on any atom is 0.268 e. The molecule has 0 aliphatic rings. The Labute approximate surface area is 112 Å². The van der Waals surface area contributed by atoms with Crippen molar-refractivity contribution in [3.63, 3.8) is 0 Å². The molecule has 0 aliphatic carbocycles. The maximum absolute atomic E-state index is 11.9. The summed E-state index contributed by atoms with van der Waals surface area (Å²) in [5.41, 5.74) is 0.561. The van der Waals surface area contributed by atoms with Crippen molar-refractivity contribution >= 4 is 5.69 Å². The second kappa shape index (κ2) is 7.88. The minimum Gasteiger partial charge on any atom is -0.383 e. The first-order valence-electron chi connectivity index (χ1n) is 5.95. The summed E-state index contributed by atoms with van der Waals surface area (Å²) in [5.74, 6) is 0. The van der Waals surface area contributed by atoms with Crippen molar-refractivity contribution in [3.05, 3.63) is 22.6 Å². The summed E-state index contributed by atoms with van der Waals surface area (Å²) in [4.78, 5) is 13.8. The molecule has 19 heavy (non-hydrogen) atoms. The van der Waals surface area contributed by atoms with Crippen molar-refractivity contribution in [2.24, 2.45) is 0 Å². The summed E-state index contributed by atoms with van der Waals surface area (Å²) < 4.78 is 16.4. The number of nitrogens with zero attached hydrogens (tertiary/aromatic N) is 3. The van der Waals surface area contributed by atoms with E-state index in [9.17, 15) is 4.79 Å². The minimum atomic E-state index is -0.484. The molecule has 0 bridgehead atoms. The monoisotopic (exact) mass is 271 g/mol. The van der Waals surface area contributed by atoms with Crippen molar-refractivity contribution in [2.45, 2.75) is 12.8 Å². The molecule has 1 rings (SSSR count). The van der Waals surface area contributed by atoms with Gasteiger partial charge in [-0.25, -0.2) is 4.68 Å². The average Bonchev–Trinajstić information content (AvgIpc) is 2.43. The van der Waals surface area contributed by atoms with Crippen molar-refractivity contribution < 1.29 is 14.2 Å². The lowest BCUT2D eigenvalue weighted by atomic mass is 10.4. The van der Waals surface area contributed by atoms with Gasteiger partial charge in [0.15, 0.2) is 6.29 Å². The fourth-order valence-electron chi connectivity index (χ4n) is 1.51. The van der Waals surface area contributed by atoms with Crippen molar-refractivity contribution in [1.29, 1.82) is 0 Å². The molecule has 0 atom stereocenters. The van der Waals surface area contributed by atoms with Crippen LogP contribution in [0, 0.1) is 0 Å². The molecule has 1 aromatic heterocycles. The number of methoxy groups -OCH3 is 3. The molecule has 0 saturated heterocycles. The van der Waals surface area contributed by atoms with Gasteiger partial charge in [0.2, 0.25) is 0 Å². The third kappa shape index (κ3) is 4.62. The summed E-state index contributed by atoms with van der Waals surface area (Å²) in [7, 11) is 6.56. The molecule has 108 valence electrons. The first kappa shape index (κ1) is 15.6. The predicted molar refractivity (Wildman–Crippen MR) is 71.4 cm³/mol. The Morgan fingerprint density at radius 2 is 2.05 bits per heavy atom. The topological polar surface area (TPSA) is 65.8 Å². The van der Waals surface area contributed by atoms with Crippen LogP contribution in [0.25, 0.3) is 0 Å². The first-order valence-corrected chi connectivity index (χ1v) is 5.95. The van der Waals surface area contributed by atoms with Crippen molar-refractivity contribution in [3.8, 4) is 0 Å². The highest BCUT2D eigenvalue weighted by atomic mass is 16.7. The number of hydrogen-bond acceptors (Lipinski definition) is 6. The van der Waals surface area contributed by atoms with Gasteiger partial charge in [-0.2, -0.15) is 5.10 Å². The Hall–Kier alpha value is -1.44. The van der Waals surface area contributed by atoms with Gasteiger partial charge in [-0.1, -0.05) is 0 Å². The molecular weight excluding hydrogens is 250 g/mol. The Morgan fingerprint density at radius 1 is 1.37 bits per heavy atom. The fourth-order valence-corrected chi connectivity index (χ4v) is 1.51. The average molecular weight is 271 g/mol. The molecular formula is C12H21N3O4. The Bertz CT molecular complexity index is 431. The van der Waals surface area contributed by atoms with Gasteiger partial charge in [-0.15, -0.1) is 0 Å². The zero-order valence-electron chi connectivity index (χ0n) is 11.8. The standard InChI is InChI=1S/C12H21N3O4/c1-14(5-6-17-2)10-7-11(16)15(13-8-10)9-12(18-3)19-4/h7-8,12H,5-6,9H2,1-4H3. The lowest BCUT2D eigenvalue weighted by Crippen LogP contribution is -2.32. The molecule has 0 aliphatic heterocycles. The summed E-state index contributed by atoms with van der Waals surface area (Å²) in [5, 5.41) is 4.10. The van der Waals surface area contributed by atoms with E-state index < -0.39 is 6.29 Å². The summed E-state index contributed by atoms with van der Waals surface area (Å²) in [6.45, 7) is 1.54. The number of rotatable bonds is 8. The largest absolute Gasteiger partial charge is 0.383 e. The number of hydrogen-bond donors (Lipinski definition) is 0. The lowest BCUT2D eigenvalue weighted by molar-refractivity contribution is -0.113. The minimum absolute atomic E-state index is 0.194. The van der Waals surface area contributed by atoms with E-state index >= 15 is 0 Å². The number of likely N-dealkylation sites (N-methyl/N-ethyl adjacent to an activating group) is 1. The third-order valence-corrected chi connectivity index (χ3v) is 2.77. The predicted octanol–water partition coefficient (Wildman–Crippen LogP) is -0.0552. The Balaban J connectivity index is 2.76. The summed E-state index contributed by atoms with van der Waals surface area (Å²) >= 11 is 0. The second-order valence-corrected chi connectivity index (χ2v) is 4.05. The molecule has 0 aromatic carbocycles. The Kier molecular flexibility index (Phi) is 6.48. The zero-order valence-corrected chi connectivity index (χ0v) is 11.8. The van der Waals surface area contributed by atoms with Crippen LogP contribution >= 0.6 is 0 Å². The van der Waals surface area contributed by atoms with Gasteiger partial charge in [0.25, 0.3) is 5.56 Å². The lowest BCUT2D eigenvalue weighted by Gasteiger charge is -2.19. The van der Waals surface area contributed by atoms with Crippen LogP contribution in [0.15, 0.2) is 17.1 Å². The van der Waals surface area contributed by atoms with Crippen molar-refractivity contribution in [1.82, 2.24) is 9.78 Å². The fraction of sp³-hybridized carbons (Fsp3) is 0.667. The normalized spacial score (nSPS) is 11.0. The van der Waals surface area contributed by atoms with Gasteiger partial charge in [0, 0.05) is 41.0 Å². The molecule has 0 radical (unpaired) electrons. The Morgan fingerprint density at radius 3 is 2.58 bits per heavy atom. The van der Waals surface area contributed by atoms with E-state index in [1.54, 1.807) is 13.3 Å². The number of aromatic nitrogens is 2. The van der Waals surface area contributed by atoms with Crippen molar-refractivity contribution in [2.75, 3.05) is 46.4 Å². The van der Waals surface area contributed by atoms with Crippen LogP contribution in [0.4, 0.5) is 5.69 Å². The summed E-state index contributed by atoms with van der Waals surface area (Å²) in [6, 6.07) is 1.53. The smallest absolute Gasteiger partial charge is 0.268 e. The van der Waals surface area contributed by atoms with E-state index in [0.717, 1.165) is 5.69 Å². The van der Waals surface area contributed by atoms with Crippen LogP contribution in [0.1, 0.15) is 0 Å². The van der Waals surface area contributed by atoms with E-state index in [4.69, 9.17) is 14.2 Å². The van der Waals surface area contributed by atoms with E-state index in [1.807, 2.05) is 11.9 Å². The zero-order chi connectivity index (χ0) is 14.3. The van der Waals surface area contributed by atoms with E-state index in [0.29, 0.717) is 13.2 Å². The highest BCUT2D eigenvalue weighted by Gasteiger charge is 2.10. The third-order valence-electron chi connectivity index (χ3n) is 2.77. The van der Waals surface area contributed by atoms with Crippen LogP contribution in [0.5, 0.6) is 0 Å². The SMILES string of the molecule is COCCN(C)c1cnn(CC(OC)OC)c(=O)c1. The van der Waals surface area contributed by atoms with Gasteiger partial charge < -0.3 is 19.1 Å². The van der Waals surface area contributed by atoms with Gasteiger partial charge in [-0.3, -0.25) is 4.79 Å². The second-order valence-electron chi connectivity index (χ2n) is 4.05. The quantitative estimate of drug-likeness (QED) is 0.617. The molecule has 0 N–H and O–H groups in total. The van der Waals surface area contributed by atoms with Gasteiger partial charge in [-0.05, 0) is 0 Å². The highest BCUT2D eigenvalue weighted by Crippen LogP contribution is 2.06. The van der Waals surface area contributed by atoms with Crippen LogP contribution in [0.3, 0.4) is 0 Å². The maximum atomic E-state index is 11.9. The molecule has 0 unspecified atom stereocenters.